The summed E-state index contributed by atoms with van der Waals surface area (Å²) < 4.78 is 0. The predicted octanol–water partition coefficient (Wildman–Crippen LogP) is 1.64. The Morgan fingerprint density at radius 3 is 2.33 bits per heavy atom. The quantitative estimate of drug-likeness (QED) is 0.520. The first-order chi connectivity index (χ1) is 12.9. The van der Waals surface area contributed by atoms with Crippen LogP contribution < -0.4 is 15.5 Å². The lowest BCUT2D eigenvalue weighted by Crippen LogP contribution is -2.53. The SMILES string of the molecule is CCNC(=O)C(C)(C)CN=C(NCC)N1CCN(c2ccccc2O)CC1. The van der Waals surface area contributed by atoms with Gasteiger partial charge in [0.1, 0.15) is 5.75 Å². The number of nitrogens with one attached hydrogen (secondary N) is 2. The maximum absolute atomic E-state index is 12.2. The number of rotatable bonds is 6. The first-order valence-electron chi connectivity index (χ1n) is 9.73. The third-order valence-electron chi connectivity index (χ3n) is 4.71. The number of aromatic hydroxyl groups is 1. The van der Waals surface area contributed by atoms with Crippen molar-refractivity contribution in [1.29, 1.82) is 0 Å². The monoisotopic (exact) mass is 375 g/mol. The Hall–Kier alpha value is -2.44. The van der Waals surface area contributed by atoms with Crippen molar-refractivity contribution in [3.63, 3.8) is 0 Å². The van der Waals surface area contributed by atoms with E-state index in [9.17, 15) is 9.90 Å². The summed E-state index contributed by atoms with van der Waals surface area (Å²) in [4.78, 5) is 21.3. The summed E-state index contributed by atoms with van der Waals surface area (Å²) in [5.74, 6) is 1.18. The van der Waals surface area contributed by atoms with Gasteiger partial charge in [0.25, 0.3) is 0 Å². The lowest BCUT2D eigenvalue weighted by Gasteiger charge is -2.38. The molecule has 150 valence electrons. The molecule has 1 aliphatic rings. The van der Waals surface area contributed by atoms with Gasteiger partial charge in [-0.1, -0.05) is 12.1 Å². The molecule has 2 rings (SSSR count). The minimum atomic E-state index is -0.547. The molecule has 3 N–H and O–H groups in total. The first-order valence-corrected chi connectivity index (χ1v) is 9.73. The zero-order valence-corrected chi connectivity index (χ0v) is 17.0. The van der Waals surface area contributed by atoms with Crippen molar-refractivity contribution >= 4 is 17.6 Å². The normalized spacial score (nSPS) is 15.6. The summed E-state index contributed by atoms with van der Waals surface area (Å²) in [6, 6.07) is 7.44. The minimum absolute atomic E-state index is 0.0222. The number of benzene rings is 1. The Morgan fingerprint density at radius 1 is 1.11 bits per heavy atom. The third kappa shape index (κ3) is 5.52. The summed E-state index contributed by atoms with van der Waals surface area (Å²) in [6.45, 7) is 12.9. The molecular formula is C20H33N5O2. The fourth-order valence-electron chi connectivity index (χ4n) is 3.06. The molecule has 1 amide bonds. The maximum atomic E-state index is 12.2. The molecule has 0 bridgehead atoms. The average Bonchev–Trinajstić information content (AvgIpc) is 2.66. The molecule has 1 aliphatic heterocycles. The van der Waals surface area contributed by atoms with Crippen LogP contribution >= 0.6 is 0 Å². The molecule has 0 radical (unpaired) electrons. The number of para-hydroxylation sites is 2. The van der Waals surface area contributed by atoms with Gasteiger partial charge in [-0.25, -0.2) is 0 Å². The molecule has 1 aromatic rings. The second-order valence-corrected chi connectivity index (χ2v) is 7.38. The van der Waals surface area contributed by atoms with E-state index in [1.54, 1.807) is 6.07 Å². The Labute approximate surface area is 162 Å². The summed E-state index contributed by atoms with van der Waals surface area (Å²) in [7, 11) is 0. The largest absolute Gasteiger partial charge is 0.506 e. The number of guanidine groups is 1. The second-order valence-electron chi connectivity index (χ2n) is 7.38. The van der Waals surface area contributed by atoms with Crippen LogP contribution in [0.15, 0.2) is 29.3 Å². The van der Waals surface area contributed by atoms with Crippen LogP contribution in [0.4, 0.5) is 5.69 Å². The number of phenolic OH excluding ortho intramolecular Hbond substituents is 1. The number of carbonyl (C=O) groups excluding carboxylic acids is 1. The lowest BCUT2D eigenvalue weighted by atomic mass is 9.92. The molecule has 1 saturated heterocycles. The Morgan fingerprint density at radius 2 is 1.74 bits per heavy atom. The van der Waals surface area contributed by atoms with Gasteiger partial charge in [-0.05, 0) is 39.8 Å². The average molecular weight is 376 g/mol. The molecule has 0 atom stereocenters. The minimum Gasteiger partial charge on any atom is -0.506 e. The fourth-order valence-corrected chi connectivity index (χ4v) is 3.06. The van der Waals surface area contributed by atoms with Gasteiger partial charge in [0, 0.05) is 39.3 Å². The van der Waals surface area contributed by atoms with E-state index in [2.05, 4.69) is 20.4 Å². The highest BCUT2D eigenvalue weighted by atomic mass is 16.3. The van der Waals surface area contributed by atoms with Crippen LogP contribution in [-0.4, -0.2) is 67.7 Å². The van der Waals surface area contributed by atoms with Gasteiger partial charge in [-0.15, -0.1) is 0 Å². The van der Waals surface area contributed by atoms with Gasteiger partial charge in [-0.3, -0.25) is 9.79 Å². The highest BCUT2D eigenvalue weighted by Crippen LogP contribution is 2.27. The Kier molecular flexibility index (Phi) is 7.33. The van der Waals surface area contributed by atoms with Crippen LogP contribution in [0.1, 0.15) is 27.7 Å². The van der Waals surface area contributed by atoms with Crippen molar-refractivity contribution in [2.45, 2.75) is 27.7 Å². The van der Waals surface area contributed by atoms with Crippen LogP contribution in [0, 0.1) is 5.41 Å². The third-order valence-corrected chi connectivity index (χ3v) is 4.71. The van der Waals surface area contributed by atoms with Crippen molar-refractivity contribution in [3.8, 4) is 5.75 Å². The standard InChI is InChI=1S/C20H33N5O2/c1-5-21-18(27)20(3,4)15-23-19(22-6-2)25-13-11-24(12-14-25)16-9-7-8-10-17(16)26/h7-10,26H,5-6,11-15H2,1-4H3,(H,21,27)(H,22,23). The number of hydrogen-bond donors (Lipinski definition) is 3. The van der Waals surface area contributed by atoms with Gasteiger partial charge in [0.2, 0.25) is 5.91 Å². The highest BCUT2D eigenvalue weighted by molar-refractivity contribution is 5.84. The van der Waals surface area contributed by atoms with Crippen molar-refractivity contribution < 1.29 is 9.90 Å². The van der Waals surface area contributed by atoms with Gasteiger partial charge >= 0.3 is 0 Å². The number of amides is 1. The van der Waals surface area contributed by atoms with Gasteiger partial charge in [0.05, 0.1) is 17.6 Å². The van der Waals surface area contributed by atoms with E-state index in [-0.39, 0.29) is 5.91 Å². The zero-order valence-electron chi connectivity index (χ0n) is 17.0. The Balaban J connectivity index is 2.01. The molecule has 1 fully saturated rings. The molecule has 1 aromatic carbocycles. The molecule has 27 heavy (non-hydrogen) atoms. The van der Waals surface area contributed by atoms with Crippen molar-refractivity contribution in [2.75, 3.05) is 50.7 Å². The number of hydrogen-bond acceptors (Lipinski definition) is 4. The zero-order chi connectivity index (χ0) is 19.9. The lowest BCUT2D eigenvalue weighted by molar-refractivity contribution is -0.128. The van der Waals surface area contributed by atoms with E-state index in [0.717, 1.165) is 44.4 Å². The van der Waals surface area contributed by atoms with Crippen molar-refractivity contribution in [3.05, 3.63) is 24.3 Å². The predicted molar refractivity (Wildman–Crippen MR) is 110 cm³/mol. The van der Waals surface area contributed by atoms with Crippen molar-refractivity contribution in [1.82, 2.24) is 15.5 Å². The van der Waals surface area contributed by atoms with E-state index < -0.39 is 5.41 Å². The Bertz CT molecular complexity index is 652. The summed E-state index contributed by atoms with van der Waals surface area (Å²) in [6.07, 6.45) is 0. The molecule has 0 aliphatic carbocycles. The molecule has 7 nitrogen and oxygen atoms in total. The van der Waals surface area contributed by atoms with E-state index in [0.29, 0.717) is 18.8 Å². The van der Waals surface area contributed by atoms with Crippen LogP contribution in [-0.2, 0) is 4.79 Å². The number of phenols is 1. The van der Waals surface area contributed by atoms with Gasteiger partial charge in [0.15, 0.2) is 5.96 Å². The smallest absolute Gasteiger partial charge is 0.227 e. The van der Waals surface area contributed by atoms with Crippen LogP contribution in [0.3, 0.4) is 0 Å². The number of anilines is 1. The van der Waals surface area contributed by atoms with E-state index >= 15 is 0 Å². The van der Waals surface area contributed by atoms with Crippen molar-refractivity contribution in [2.24, 2.45) is 10.4 Å². The first kappa shape index (κ1) is 20.9. The number of carbonyl (C=O) groups is 1. The van der Waals surface area contributed by atoms with Gasteiger partial charge in [-0.2, -0.15) is 0 Å². The topological polar surface area (TPSA) is 80.2 Å². The molecule has 7 heteroatoms. The molecule has 0 spiro atoms. The number of aliphatic imine (C=N–C) groups is 1. The van der Waals surface area contributed by atoms with Gasteiger partial charge < -0.3 is 25.5 Å². The molecular weight excluding hydrogens is 342 g/mol. The van der Waals surface area contributed by atoms with E-state index in [1.165, 1.54) is 0 Å². The van der Waals surface area contributed by atoms with E-state index in [4.69, 9.17) is 4.99 Å². The van der Waals surface area contributed by atoms with Crippen LogP contribution in [0.25, 0.3) is 0 Å². The molecule has 1 heterocycles. The fraction of sp³-hybridized carbons (Fsp3) is 0.600. The number of nitrogens with zero attached hydrogens (tertiary/aromatic N) is 3. The molecule has 0 aromatic heterocycles. The van der Waals surface area contributed by atoms with Crippen LogP contribution in [0.2, 0.25) is 0 Å². The highest BCUT2D eigenvalue weighted by Gasteiger charge is 2.28. The summed E-state index contributed by atoms with van der Waals surface area (Å²) in [5.41, 5.74) is 0.324. The molecule has 0 saturated carbocycles. The van der Waals surface area contributed by atoms with E-state index in [1.807, 2.05) is 45.9 Å². The second kappa shape index (κ2) is 9.48. The maximum Gasteiger partial charge on any atom is 0.227 e. The molecule has 0 unspecified atom stereocenters. The summed E-state index contributed by atoms with van der Waals surface area (Å²) in [5, 5.41) is 16.3. The van der Waals surface area contributed by atoms with Crippen LogP contribution in [0.5, 0.6) is 5.75 Å². The number of piperazine rings is 1. The summed E-state index contributed by atoms with van der Waals surface area (Å²) >= 11 is 0.